The number of hydrogen-bond donors (Lipinski definition) is 1. The summed E-state index contributed by atoms with van der Waals surface area (Å²) in [5.41, 5.74) is 1.37. The van der Waals surface area contributed by atoms with Crippen molar-refractivity contribution in [1.29, 1.82) is 0 Å². The topological polar surface area (TPSA) is 80.5 Å². The van der Waals surface area contributed by atoms with E-state index >= 15 is 0 Å². The molecule has 2 rings (SSSR count). The summed E-state index contributed by atoms with van der Waals surface area (Å²) in [4.78, 5) is 13.9. The Labute approximate surface area is 123 Å². The Morgan fingerprint density at radius 3 is 2.70 bits per heavy atom. The van der Waals surface area contributed by atoms with Crippen LogP contribution in [0.25, 0.3) is 0 Å². The number of hydrogen-bond acceptors (Lipinski definition) is 3. The lowest BCUT2D eigenvalue weighted by molar-refractivity contribution is 0.0727. The summed E-state index contributed by atoms with van der Waals surface area (Å²) in [6.07, 6.45) is 1.13. The molecular weight excluding hydrogens is 300 g/mol. The van der Waals surface area contributed by atoms with Crippen molar-refractivity contribution in [1.82, 2.24) is 4.90 Å². The van der Waals surface area contributed by atoms with Crippen LogP contribution in [0, 0.1) is 6.92 Å². The van der Waals surface area contributed by atoms with Crippen LogP contribution >= 0.6 is 11.6 Å². The van der Waals surface area contributed by atoms with Crippen molar-refractivity contribution >= 4 is 27.5 Å². The first-order chi connectivity index (χ1) is 9.27. The van der Waals surface area contributed by atoms with Crippen LogP contribution in [0.5, 0.6) is 0 Å². The Balaban J connectivity index is 2.20. The van der Waals surface area contributed by atoms with Gasteiger partial charge in [0.15, 0.2) is 0 Å². The number of likely N-dealkylation sites (tertiary alicyclic amines) is 1. The fraction of sp³-hybridized carbons (Fsp3) is 0.462. The predicted octanol–water partition coefficient (Wildman–Crippen LogP) is 1.54. The van der Waals surface area contributed by atoms with E-state index in [1.807, 2.05) is 6.92 Å². The molecule has 1 heterocycles. The second kappa shape index (κ2) is 5.71. The van der Waals surface area contributed by atoms with Crippen molar-refractivity contribution in [2.24, 2.45) is 5.14 Å². The van der Waals surface area contributed by atoms with E-state index in [2.05, 4.69) is 0 Å². The van der Waals surface area contributed by atoms with Crippen LogP contribution in [0.2, 0.25) is 5.02 Å². The van der Waals surface area contributed by atoms with Gasteiger partial charge < -0.3 is 4.90 Å². The molecule has 1 unspecified atom stereocenters. The summed E-state index contributed by atoms with van der Waals surface area (Å²) in [6, 6.07) is 5.11. The number of sulfonamides is 1. The van der Waals surface area contributed by atoms with Gasteiger partial charge in [-0.2, -0.15) is 0 Å². The molecule has 1 aromatic rings. The van der Waals surface area contributed by atoms with Crippen molar-refractivity contribution in [2.45, 2.75) is 25.0 Å². The van der Waals surface area contributed by atoms with E-state index in [9.17, 15) is 13.2 Å². The maximum absolute atomic E-state index is 12.4. The maximum atomic E-state index is 12.4. The van der Waals surface area contributed by atoms with E-state index in [-0.39, 0.29) is 12.5 Å². The molecule has 1 aliphatic heterocycles. The summed E-state index contributed by atoms with van der Waals surface area (Å²) < 4.78 is 22.8. The highest BCUT2D eigenvalue weighted by molar-refractivity contribution is 7.89. The van der Waals surface area contributed by atoms with Gasteiger partial charge in [-0.05, 0) is 43.5 Å². The van der Waals surface area contributed by atoms with Gasteiger partial charge in [0.2, 0.25) is 10.0 Å². The van der Waals surface area contributed by atoms with E-state index < -0.39 is 15.3 Å². The monoisotopic (exact) mass is 316 g/mol. The summed E-state index contributed by atoms with van der Waals surface area (Å²) in [6.45, 7) is 2.53. The molecule has 0 bridgehead atoms. The average molecular weight is 317 g/mol. The molecule has 2 N–H and O–H groups in total. The number of aryl methyl sites for hydroxylation is 1. The molecule has 110 valence electrons. The Kier molecular flexibility index (Phi) is 4.36. The Hall–Kier alpha value is -1.11. The normalized spacial score (nSPS) is 19.9. The molecule has 0 aromatic heterocycles. The molecular formula is C13H17ClN2O3S. The van der Waals surface area contributed by atoms with Crippen LogP contribution < -0.4 is 5.14 Å². The van der Waals surface area contributed by atoms with Gasteiger partial charge in [0, 0.05) is 23.7 Å². The Morgan fingerprint density at radius 2 is 2.10 bits per heavy atom. The minimum absolute atomic E-state index is 0.142. The number of primary sulfonamides is 1. The van der Waals surface area contributed by atoms with Crippen LogP contribution in [0.15, 0.2) is 18.2 Å². The predicted molar refractivity (Wildman–Crippen MR) is 78.2 cm³/mol. The summed E-state index contributed by atoms with van der Waals surface area (Å²) in [7, 11) is -3.61. The average Bonchev–Trinajstić information content (AvgIpc) is 2.36. The largest absolute Gasteiger partial charge is 0.337 e. The van der Waals surface area contributed by atoms with Gasteiger partial charge in [-0.1, -0.05) is 11.6 Å². The molecule has 1 aliphatic rings. The SMILES string of the molecule is Cc1cc(Cl)cc(C(=O)N2CCCC(S(N)(=O)=O)C2)c1. The second-order valence-electron chi connectivity index (χ2n) is 5.12. The van der Waals surface area contributed by atoms with Gasteiger partial charge in [-0.15, -0.1) is 0 Å². The van der Waals surface area contributed by atoms with Crippen molar-refractivity contribution in [3.05, 3.63) is 34.3 Å². The first kappa shape index (κ1) is 15.3. The van der Waals surface area contributed by atoms with Crippen molar-refractivity contribution in [2.75, 3.05) is 13.1 Å². The van der Waals surface area contributed by atoms with Crippen LogP contribution in [-0.4, -0.2) is 37.6 Å². The lowest BCUT2D eigenvalue weighted by Crippen LogP contribution is -2.47. The Morgan fingerprint density at radius 1 is 1.40 bits per heavy atom. The standard InChI is InChI=1S/C13H17ClN2O3S/c1-9-5-10(7-11(14)6-9)13(17)16-4-2-3-12(8-16)20(15,18)19/h5-7,12H,2-4,8H2,1H3,(H2,15,18,19). The van der Waals surface area contributed by atoms with Crippen molar-refractivity contribution in [3.8, 4) is 0 Å². The lowest BCUT2D eigenvalue weighted by atomic mass is 10.1. The van der Waals surface area contributed by atoms with Crippen LogP contribution in [0.3, 0.4) is 0 Å². The number of rotatable bonds is 2. The molecule has 1 atom stereocenters. The van der Waals surface area contributed by atoms with Crippen molar-refractivity contribution < 1.29 is 13.2 Å². The zero-order chi connectivity index (χ0) is 14.9. The number of nitrogens with two attached hydrogens (primary N) is 1. The van der Waals surface area contributed by atoms with Gasteiger partial charge in [-0.3, -0.25) is 4.79 Å². The number of amides is 1. The molecule has 1 fully saturated rings. The minimum atomic E-state index is -3.61. The number of piperidine rings is 1. The summed E-state index contributed by atoms with van der Waals surface area (Å²) in [5.74, 6) is -0.205. The molecule has 1 saturated heterocycles. The number of carbonyl (C=O) groups is 1. The second-order valence-corrected chi connectivity index (χ2v) is 7.40. The van der Waals surface area contributed by atoms with Crippen molar-refractivity contribution in [3.63, 3.8) is 0 Å². The fourth-order valence-electron chi connectivity index (χ4n) is 2.43. The number of carbonyl (C=O) groups excluding carboxylic acids is 1. The molecule has 1 aromatic carbocycles. The molecule has 5 nitrogen and oxygen atoms in total. The fourth-order valence-corrected chi connectivity index (χ4v) is 3.61. The summed E-state index contributed by atoms with van der Waals surface area (Å²) >= 11 is 5.95. The molecule has 0 radical (unpaired) electrons. The minimum Gasteiger partial charge on any atom is -0.337 e. The third kappa shape index (κ3) is 3.50. The first-order valence-corrected chi connectivity index (χ1v) is 8.34. The zero-order valence-electron chi connectivity index (χ0n) is 11.2. The van der Waals surface area contributed by atoms with Crippen LogP contribution in [0.4, 0.5) is 0 Å². The number of halogens is 1. The molecule has 0 aliphatic carbocycles. The Bertz CT molecular complexity index is 610. The maximum Gasteiger partial charge on any atom is 0.253 e. The zero-order valence-corrected chi connectivity index (χ0v) is 12.7. The van der Waals surface area contributed by atoms with E-state index in [0.29, 0.717) is 30.0 Å². The third-order valence-electron chi connectivity index (χ3n) is 3.42. The molecule has 0 saturated carbocycles. The summed E-state index contributed by atoms with van der Waals surface area (Å²) in [5, 5.41) is 4.99. The van der Waals surface area contributed by atoms with Gasteiger partial charge in [0.25, 0.3) is 5.91 Å². The first-order valence-electron chi connectivity index (χ1n) is 6.35. The van der Waals surface area contributed by atoms with E-state index in [1.54, 1.807) is 18.2 Å². The highest BCUT2D eigenvalue weighted by atomic mass is 35.5. The van der Waals surface area contributed by atoms with Gasteiger partial charge >= 0.3 is 0 Å². The number of benzene rings is 1. The lowest BCUT2D eigenvalue weighted by Gasteiger charge is -2.31. The van der Waals surface area contributed by atoms with Gasteiger partial charge in [0.05, 0.1) is 5.25 Å². The third-order valence-corrected chi connectivity index (χ3v) is 4.95. The molecule has 20 heavy (non-hydrogen) atoms. The molecule has 1 amide bonds. The van der Waals surface area contributed by atoms with E-state index in [1.165, 1.54) is 4.90 Å². The molecule has 7 heteroatoms. The highest BCUT2D eigenvalue weighted by Crippen LogP contribution is 2.20. The van der Waals surface area contributed by atoms with E-state index in [4.69, 9.17) is 16.7 Å². The van der Waals surface area contributed by atoms with E-state index in [0.717, 1.165) is 5.56 Å². The number of nitrogens with zero attached hydrogens (tertiary/aromatic N) is 1. The highest BCUT2D eigenvalue weighted by Gasteiger charge is 2.30. The molecule has 0 spiro atoms. The van der Waals surface area contributed by atoms with Crippen LogP contribution in [-0.2, 0) is 10.0 Å². The van der Waals surface area contributed by atoms with Gasteiger partial charge in [0.1, 0.15) is 0 Å². The smallest absolute Gasteiger partial charge is 0.253 e. The van der Waals surface area contributed by atoms with Gasteiger partial charge in [-0.25, -0.2) is 13.6 Å². The van der Waals surface area contributed by atoms with Crippen LogP contribution in [0.1, 0.15) is 28.8 Å². The quantitative estimate of drug-likeness (QED) is 0.898.